The molecule has 0 fully saturated rings. The van der Waals surface area contributed by atoms with Gasteiger partial charge in [0.2, 0.25) is 11.1 Å². The summed E-state index contributed by atoms with van der Waals surface area (Å²) in [6.07, 6.45) is 1.77. The van der Waals surface area contributed by atoms with Gasteiger partial charge in [0.1, 0.15) is 12.3 Å². The van der Waals surface area contributed by atoms with E-state index >= 15 is 0 Å². The van der Waals surface area contributed by atoms with E-state index in [1.807, 2.05) is 65.7 Å². The van der Waals surface area contributed by atoms with Gasteiger partial charge in [-0.3, -0.25) is 9.80 Å². The largest absolute Gasteiger partial charge is 0.441 e. The Morgan fingerprint density at radius 1 is 1.15 bits per heavy atom. The molecule has 5 nitrogen and oxygen atoms in total. The van der Waals surface area contributed by atoms with Crippen LogP contribution in [0.1, 0.15) is 10.4 Å². The SMILES string of the molecule is C=CCN1CC(Oc2ccccc2)=NC(SCC(=O)c2ccccc2)=N1. The minimum atomic E-state index is 0.0415. The zero-order valence-electron chi connectivity index (χ0n) is 14.2. The number of ether oxygens (including phenoxy) is 1. The average Bonchev–Trinajstić information content (AvgIpc) is 2.68. The molecule has 1 aliphatic rings. The predicted molar refractivity (Wildman–Crippen MR) is 107 cm³/mol. The highest BCUT2D eigenvalue weighted by Crippen LogP contribution is 2.17. The summed E-state index contributed by atoms with van der Waals surface area (Å²) < 4.78 is 5.85. The monoisotopic (exact) mass is 365 g/mol. The Bertz CT molecular complexity index is 819. The fourth-order valence-electron chi connectivity index (χ4n) is 2.31. The molecule has 0 unspecified atom stereocenters. The number of carbonyl (C=O) groups excluding carboxylic acids is 1. The van der Waals surface area contributed by atoms with Crippen molar-refractivity contribution in [2.75, 3.05) is 18.8 Å². The first-order chi connectivity index (χ1) is 12.7. The summed E-state index contributed by atoms with van der Waals surface area (Å²) in [5.74, 6) is 1.58. The van der Waals surface area contributed by atoms with Crippen molar-refractivity contribution in [3.05, 3.63) is 78.9 Å². The lowest BCUT2D eigenvalue weighted by atomic mass is 10.2. The first-order valence-electron chi connectivity index (χ1n) is 8.20. The number of para-hydroxylation sites is 1. The van der Waals surface area contributed by atoms with E-state index in [1.54, 1.807) is 6.08 Å². The molecule has 0 spiro atoms. The molecule has 6 heteroatoms. The fraction of sp³-hybridized carbons (Fsp3) is 0.150. The molecular formula is C20H19N3O2S. The van der Waals surface area contributed by atoms with Gasteiger partial charge in [0.25, 0.3) is 0 Å². The van der Waals surface area contributed by atoms with Crippen molar-refractivity contribution >= 4 is 28.6 Å². The average molecular weight is 365 g/mol. The van der Waals surface area contributed by atoms with Gasteiger partial charge in [0.15, 0.2) is 5.78 Å². The van der Waals surface area contributed by atoms with Gasteiger partial charge in [-0.05, 0) is 12.1 Å². The second-order valence-corrected chi connectivity index (χ2v) is 6.46. The Hall–Kier alpha value is -2.86. The van der Waals surface area contributed by atoms with Crippen LogP contribution in [-0.2, 0) is 0 Å². The van der Waals surface area contributed by atoms with Crippen LogP contribution < -0.4 is 4.74 Å². The normalized spacial score (nSPS) is 13.6. The zero-order valence-corrected chi connectivity index (χ0v) is 15.1. The van der Waals surface area contributed by atoms with Crippen LogP contribution in [0.25, 0.3) is 0 Å². The molecule has 0 aromatic heterocycles. The van der Waals surface area contributed by atoms with Crippen LogP contribution in [0.15, 0.2) is 83.4 Å². The lowest BCUT2D eigenvalue weighted by molar-refractivity contribution is 0.102. The third kappa shape index (κ3) is 5.07. The molecule has 2 aromatic carbocycles. The van der Waals surface area contributed by atoms with Crippen LogP contribution in [-0.4, -0.2) is 40.7 Å². The van der Waals surface area contributed by atoms with Gasteiger partial charge in [0.05, 0.1) is 12.3 Å². The van der Waals surface area contributed by atoms with E-state index in [0.717, 1.165) is 5.75 Å². The molecule has 0 bridgehead atoms. The molecule has 1 heterocycles. The molecule has 2 aromatic rings. The van der Waals surface area contributed by atoms with E-state index in [0.29, 0.717) is 29.7 Å². The summed E-state index contributed by atoms with van der Waals surface area (Å²) in [6.45, 7) is 4.78. The maximum absolute atomic E-state index is 12.3. The third-order valence-corrected chi connectivity index (χ3v) is 4.35. The van der Waals surface area contributed by atoms with Gasteiger partial charge in [0, 0.05) is 5.56 Å². The van der Waals surface area contributed by atoms with Crippen molar-refractivity contribution in [1.82, 2.24) is 5.01 Å². The van der Waals surface area contributed by atoms with Crippen molar-refractivity contribution in [1.29, 1.82) is 0 Å². The predicted octanol–water partition coefficient (Wildman–Crippen LogP) is 3.85. The number of carbonyl (C=O) groups is 1. The minimum absolute atomic E-state index is 0.0415. The van der Waals surface area contributed by atoms with Crippen LogP contribution in [0, 0.1) is 0 Å². The lowest BCUT2D eigenvalue weighted by Crippen LogP contribution is -2.33. The number of nitrogens with zero attached hydrogens (tertiary/aromatic N) is 3. The van der Waals surface area contributed by atoms with E-state index in [1.165, 1.54) is 11.8 Å². The van der Waals surface area contributed by atoms with Crippen LogP contribution in [0.2, 0.25) is 0 Å². The van der Waals surface area contributed by atoms with Gasteiger partial charge in [-0.2, -0.15) is 4.99 Å². The summed E-state index contributed by atoms with van der Waals surface area (Å²) in [5, 5.41) is 6.77. The van der Waals surface area contributed by atoms with E-state index in [-0.39, 0.29) is 11.5 Å². The van der Waals surface area contributed by atoms with Gasteiger partial charge in [-0.1, -0.05) is 66.4 Å². The molecule has 0 radical (unpaired) electrons. The number of thioether (sulfide) groups is 1. The summed E-state index contributed by atoms with van der Waals surface area (Å²) in [7, 11) is 0. The van der Waals surface area contributed by atoms with Crippen molar-refractivity contribution in [3.63, 3.8) is 0 Å². The summed E-state index contributed by atoms with van der Waals surface area (Å²) in [5.41, 5.74) is 0.684. The Morgan fingerprint density at radius 2 is 1.85 bits per heavy atom. The number of benzene rings is 2. The Kier molecular flexibility index (Phi) is 6.22. The van der Waals surface area contributed by atoms with Gasteiger partial charge in [-0.15, -0.1) is 11.7 Å². The Morgan fingerprint density at radius 3 is 2.54 bits per heavy atom. The second-order valence-electron chi connectivity index (χ2n) is 5.52. The number of hydrogen-bond acceptors (Lipinski definition) is 6. The fourth-order valence-corrected chi connectivity index (χ4v) is 3.08. The number of amidine groups is 1. The van der Waals surface area contributed by atoms with E-state index in [4.69, 9.17) is 4.74 Å². The Balaban J connectivity index is 1.68. The molecule has 3 rings (SSSR count). The van der Waals surface area contributed by atoms with Gasteiger partial charge >= 0.3 is 0 Å². The highest BCUT2D eigenvalue weighted by atomic mass is 32.2. The number of hydrazone groups is 1. The van der Waals surface area contributed by atoms with E-state index < -0.39 is 0 Å². The highest BCUT2D eigenvalue weighted by molar-refractivity contribution is 8.14. The lowest BCUT2D eigenvalue weighted by Gasteiger charge is -2.23. The molecule has 0 saturated carbocycles. The molecule has 26 heavy (non-hydrogen) atoms. The van der Waals surface area contributed by atoms with Gasteiger partial charge < -0.3 is 4.74 Å². The van der Waals surface area contributed by atoms with Crippen LogP contribution in [0.4, 0.5) is 0 Å². The second kappa shape index (κ2) is 9.01. The first kappa shape index (κ1) is 17.9. The van der Waals surface area contributed by atoms with Crippen molar-refractivity contribution in [3.8, 4) is 5.75 Å². The molecule has 0 atom stereocenters. The molecular weight excluding hydrogens is 346 g/mol. The van der Waals surface area contributed by atoms with Gasteiger partial charge in [-0.25, -0.2) is 0 Å². The standard InChI is InChI=1S/C20H19N3O2S/c1-2-13-23-14-19(25-17-11-7-4-8-12-17)21-20(22-23)26-15-18(24)16-9-5-3-6-10-16/h2-12H,1,13-15H2. The summed E-state index contributed by atoms with van der Waals surface area (Å²) >= 11 is 1.30. The molecule has 1 aliphatic heterocycles. The van der Waals surface area contributed by atoms with Crippen LogP contribution >= 0.6 is 11.8 Å². The highest BCUT2D eigenvalue weighted by Gasteiger charge is 2.18. The van der Waals surface area contributed by atoms with E-state index in [2.05, 4.69) is 16.7 Å². The zero-order chi connectivity index (χ0) is 18.2. The van der Waals surface area contributed by atoms with Crippen LogP contribution in [0.3, 0.4) is 0 Å². The topological polar surface area (TPSA) is 54.3 Å². The minimum Gasteiger partial charge on any atom is -0.441 e. The maximum atomic E-state index is 12.3. The molecule has 0 aliphatic carbocycles. The number of ketones is 1. The molecule has 0 N–H and O–H groups in total. The molecule has 0 saturated heterocycles. The number of hydrogen-bond donors (Lipinski definition) is 0. The van der Waals surface area contributed by atoms with E-state index in [9.17, 15) is 4.79 Å². The number of Topliss-reactive ketones (excluding diaryl/α,β-unsaturated/α-hetero) is 1. The first-order valence-corrected chi connectivity index (χ1v) is 9.19. The molecule has 132 valence electrons. The smallest absolute Gasteiger partial charge is 0.218 e. The number of rotatable bonds is 6. The Labute approximate surface area is 157 Å². The van der Waals surface area contributed by atoms with Crippen molar-refractivity contribution in [2.45, 2.75) is 0 Å². The van der Waals surface area contributed by atoms with Crippen molar-refractivity contribution in [2.24, 2.45) is 10.1 Å². The summed E-state index contributed by atoms with van der Waals surface area (Å²) in [4.78, 5) is 16.7. The quantitative estimate of drug-likeness (QED) is 0.576. The summed E-state index contributed by atoms with van der Waals surface area (Å²) in [6, 6.07) is 18.7. The number of aliphatic imine (C=N–C) groups is 1. The third-order valence-electron chi connectivity index (χ3n) is 3.51. The van der Waals surface area contributed by atoms with Crippen molar-refractivity contribution < 1.29 is 9.53 Å². The maximum Gasteiger partial charge on any atom is 0.218 e. The van der Waals surface area contributed by atoms with Crippen LogP contribution in [0.5, 0.6) is 5.75 Å². The molecule has 0 amide bonds.